The predicted molar refractivity (Wildman–Crippen MR) is 55.3 cm³/mol. The summed E-state index contributed by atoms with van der Waals surface area (Å²) in [5.41, 5.74) is 5.89. The number of benzene rings is 1. The Morgan fingerprint density at radius 3 is 2.80 bits per heavy atom. The zero-order valence-corrected chi connectivity index (χ0v) is 7.97. The second kappa shape index (κ2) is 3.16. The standard InChI is InChI=1S/C9H8N4O2/c1-5-11-8-6(9(10)12-5)3-2-4-7(8)13(14)15/h2-4H,1H3,(H2,10,11,12). The highest BCUT2D eigenvalue weighted by molar-refractivity contribution is 5.93. The summed E-state index contributed by atoms with van der Waals surface area (Å²) >= 11 is 0. The molecule has 1 aromatic carbocycles. The van der Waals surface area contributed by atoms with Crippen LogP contribution in [0.5, 0.6) is 0 Å². The van der Waals surface area contributed by atoms with Gasteiger partial charge in [0.25, 0.3) is 5.69 Å². The first-order chi connectivity index (χ1) is 7.09. The van der Waals surface area contributed by atoms with Crippen LogP contribution in [0.3, 0.4) is 0 Å². The molecule has 0 aliphatic heterocycles. The first kappa shape index (κ1) is 9.32. The molecule has 0 aliphatic carbocycles. The van der Waals surface area contributed by atoms with E-state index in [0.717, 1.165) is 0 Å². The van der Waals surface area contributed by atoms with Crippen LogP contribution in [0.1, 0.15) is 5.82 Å². The highest BCUT2D eigenvalue weighted by Gasteiger charge is 2.14. The largest absolute Gasteiger partial charge is 0.383 e. The molecule has 6 heteroatoms. The van der Waals surface area contributed by atoms with Crippen molar-refractivity contribution in [1.82, 2.24) is 9.97 Å². The number of anilines is 1. The number of fused-ring (bicyclic) bond motifs is 1. The molecule has 0 atom stereocenters. The number of hydrogen-bond donors (Lipinski definition) is 1. The quantitative estimate of drug-likeness (QED) is 0.560. The predicted octanol–water partition coefficient (Wildman–Crippen LogP) is 1.43. The Hall–Kier alpha value is -2.24. The number of aryl methyl sites for hydroxylation is 1. The molecule has 76 valence electrons. The molecule has 0 aliphatic rings. The molecule has 0 spiro atoms. The van der Waals surface area contributed by atoms with E-state index in [-0.39, 0.29) is 17.0 Å². The number of non-ortho nitro benzene ring substituents is 1. The molecule has 0 saturated heterocycles. The first-order valence-electron chi connectivity index (χ1n) is 4.27. The van der Waals surface area contributed by atoms with Gasteiger partial charge in [-0.2, -0.15) is 0 Å². The van der Waals surface area contributed by atoms with Crippen LogP contribution in [0, 0.1) is 17.0 Å². The lowest BCUT2D eigenvalue weighted by molar-refractivity contribution is -0.383. The minimum Gasteiger partial charge on any atom is -0.383 e. The van der Waals surface area contributed by atoms with Crippen LogP contribution in [-0.2, 0) is 0 Å². The highest BCUT2D eigenvalue weighted by Crippen LogP contribution is 2.26. The second-order valence-electron chi connectivity index (χ2n) is 3.09. The average molecular weight is 204 g/mol. The van der Waals surface area contributed by atoms with E-state index in [1.54, 1.807) is 19.1 Å². The van der Waals surface area contributed by atoms with Crippen molar-refractivity contribution in [2.24, 2.45) is 0 Å². The number of nitrogens with two attached hydrogens (primary N) is 1. The van der Waals surface area contributed by atoms with Crippen LogP contribution in [0.25, 0.3) is 10.9 Å². The van der Waals surface area contributed by atoms with E-state index in [1.165, 1.54) is 6.07 Å². The molecule has 1 aromatic heterocycles. The normalized spacial score (nSPS) is 10.5. The Balaban J connectivity index is 2.91. The summed E-state index contributed by atoms with van der Waals surface area (Å²) in [6.07, 6.45) is 0. The number of para-hydroxylation sites is 1. The maximum atomic E-state index is 10.7. The summed E-state index contributed by atoms with van der Waals surface area (Å²) < 4.78 is 0. The smallest absolute Gasteiger partial charge is 0.295 e. The van der Waals surface area contributed by atoms with Gasteiger partial charge in [0.05, 0.1) is 4.92 Å². The van der Waals surface area contributed by atoms with E-state index in [9.17, 15) is 10.1 Å². The molecule has 1 heterocycles. The summed E-state index contributed by atoms with van der Waals surface area (Å²) in [6, 6.07) is 4.63. The molecule has 2 N–H and O–H groups in total. The summed E-state index contributed by atoms with van der Waals surface area (Å²) in [5.74, 6) is 0.690. The van der Waals surface area contributed by atoms with Crippen molar-refractivity contribution in [2.75, 3.05) is 5.73 Å². The van der Waals surface area contributed by atoms with Gasteiger partial charge in [-0.25, -0.2) is 9.97 Å². The fourth-order valence-corrected chi connectivity index (χ4v) is 1.42. The minimum absolute atomic E-state index is 0.0512. The van der Waals surface area contributed by atoms with Gasteiger partial charge < -0.3 is 5.73 Å². The number of nitrogens with zero attached hydrogens (tertiary/aromatic N) is 3. The third-order valence-corrected chi connectivity index (χ3v) is 2.04. The Bertz CT molecular complexity index is 553. The van der Waals surface area contributed by atoms with Gasteiger partial charge in [-0.1, -0.05) is 6.07 Å². The molecular formula is C9H8N4O2. The van der Waals surface area contributed by atoms with Crippen LogP contribution in [0.4, 0.5) is 11.5 Å². The van der Waals surface area contributed by atoms with Crippen molar-refractivity contribution in [3.05, 3.63) is 34.1 Å². The summed E-state index contributed by atoms with van der Waals surface area (Å²) in [7, 11) is 0. The Morgan fingerprint density at radius 2 is 2.13 bits per heavy atom. The first-order valence-corrected chi connectivity index (χ1v) is 4.27. The van der Waals surface area contributed by atoms with E-state index in [4.69, 9.17) is 5.73 Å². The molecule has 2 rings (SSSR count). The third kappa shape index (κ3) is 1.45. The van der Waals surface area contributed by atoms with Crippen molar-refractivity contribution in [3.63, 3.8) is 0 Å². The highest BCUT2D eigenvalue weighted by atomic mass is 16.6. The second-order valence-corrected chi connectivity index (χ2v) is 3.09. The zero-order valence-electron chi connectivity index (χ0n) is 7.97. The molecule has 0 amide bonds. The van der Waals surface area contributed by atoms with Gasteiger partial charge in [0.1, 0.15) is 11.6 Å². The van der Waals surface area contributed by atoms with E-state index in [0.29, 0.717) is 11.2 Å². The molecule has 0 saturated carbocycles. The lowest BCUT2D eigenvalue weighted by Gasteiger charge is -2.02. The summed E-state index contributed by atoms with van der Waals surface area (Å²) in [4.78, 5) is 18.2. The maximum Gasteiger partial charge on any atom is 0.295 e. The summed E-state index contributed by atoms with van der Waals surface area (Å²) in [5, 5.41) is 11.3. The number of nitro benzene ring substituents is 1. The maximum absolute atomic E-state index is 10.7. The van der Waals surface area contributed by atoms with Crippen molar-refractivity contribution in [3.8, 4) is 0 Å². The fourth-order valence-electron chi connectivity index (χ4n) is 1.42. The van der Waals surface area contributed by atoms with Gasteiger partial charge in [-0.05, 0) is 13.0 Å². The Kier molecular flexibility index (Phi) is 1.96. The average Bonchev–Trinajstić information content (AvgIpc) is 2.16. The Labute approximate surface area is 84.9 Å². The number of aromatic nitrogens is 2. The molecular weight excluding hydrogens is 196 g/mol. The number of hydrogen-bond acceptors (Lipinski definition) is 5. The molecule has 0 radical (unpaired) electrons. The van der Waals surface area contributed by atoms with E-state index in [2.05, 4.69) is 9.97 Å². The van der Waals surface area contributed by atoms with Crippen LogP contribution < -0.4 is 5.73 Å². The van der Waals surface area contributed by atoms with Crippen LogP contribution >= 0.6 is 0 Å². The number of rotatable bonds is 1. The monoisotopic (exact) mass is 204 g/mol. The lowest BCUT2D eigenvalue weighted by atomic mass is 10.2. The lowest BCUT2D eigenvalue weighted by Crippen LogP contribution is -1.99. The fraction of sp³-hybridized carbons (Fsp3) is 0.111. The van der Waals surface area contributed by atoms with E-state index < -0.39 is 4.92 Å². The number of nitro groups is 1. The van der Waals surface area contributed by atoms with Gasteiger partial charge in [0.2, 0.25) is 0 Å². The van der Waals surface area contributed by atoms with Gasteiger partial charge in [0.15, 0.2) is 5.52 Å². The Morgan fingerprint density at radius 1 is 1.40 bits per heavy atom. The van der Waals surface area contributed by atoms with Crippen molar-refractivity contribution in [2.45, 2.75) is 6.92 Å². The summed E-state index contributed by atoms with van der Waals surface area (Å²) in [6.45, 7) is 1.65. The molecule has 0 unspecified atom stereocenters. The van der Waals surface area contributed by atoms with Gasteiger partial charge in [-0.3, -0.25) is 10.1 Å². The van der Waals surface area contributed by atoms with Gasteiger partial charge in [0, 0.05) is 11.5 Å². The molecule has 15 heavy (non-hydrogen) atoms. The third-order valence-electron chi connectivity index (χ3n) is 2.04. The van der Waals surface area contributed by atoms with E-state index in [1.807, 2.05) is 0 Å². The van der Waals surface area contributed by atoms with Crippen LogP contribution in [-0.4, -0.2) is 14.9 Å². The van der Waals surface area contributed by atoms with Crippen molar-refractivity contribution >= 4 is 22.4 Å². The molecule has 0 fully saturated rings. The van der Waals surface area contributed by atoms with E-state index >= 15 is 0 Å². The number of nitrogen functional groups attached to an aromatic ring is 1. The molecule has 2 aromatic rings. The van der Waals surface area contributed by atoms with Crippen LogP contribution in [0.2, 0.25) is 0 Å². The van der Waals surface area contributed by atoms with Gasteiger partial charge >= 0.3 is 0 Å². The molecule has 6 nitrogen and oxygen atoms in total. The van der Waals surface area contributed by atoms with Gasteiger partial charge in [-0.15, -0.1) is 0 Å². The minimum atomic E-state index is -0.478. The zero-order chi connectivity index (χ0) is 11.0. The molecule has 0 bridgehead atoms. The topological polar surface area (TPSA) is 94.9 Å². The van der Waals surface area contributed by atoms with Crippen LogP contribution in [0.15, 0.2) is 18.2 Å². The SMILES string of the molecule is Cc1nc(N)c2cccc([N+](=O)[O-])c2n1. The van der Waals surface area contributed by atoms with Crippen molar-refractivity contribution in [1.29, 1.82) is 0 Å². The van der Waals surface area contributed by atoms with Crippen molar-refractivity contribution < 1.29 is 4.92 Å².